The van der Waals surface area contributed by atoms with Crippen molar-refractivity contribution in [3.05, 3.63) is 30.1 Å². The van der Waals surface area contributed by atoms with Crippen molar-refractivity contribution in [3.8, 4) is 0 Å². The van der Waals surface area contributed by atoms with Gasteiger partial charge in [-0.15, -0.1) is 0 Å². The van der Waals surface area contributed by atoms with Gasteiger partial charge in [-0.1, -0.05) is 12.1 Å². The Morgan fingerprint density at radius 2 is 2.15 bits per heavy atom. The number of fused-ring (bicyclic) bond motifs is 1. The number of aromatic nitrogens is 2. The normalized spacial score (nSPS) is 13.3. The molecule has 2 aromatic rings. The van der Waals surface area contributed by atoms with E-state index in [1.54, 1.807) is 0 Å². The SMILES string of the molecule is COC(=O)C(C)S(=O)(=O)NCc1nc2ccccc2[nH]1. The number of H-pyrrole nitrogens is 1. The second-order valence-electron chi connectivity index (χ2n) is 4.23. The summed E-state index contributed by atoms with van der Waals surface area (Å²) in [6.45, 7) is 1.26. The van der Waals surface area contributed by atoms with Gasteiger partial charge in [0, 0.05) is 0 Å². The number of nitrogens with one attached hydrogen (secondary N) is 2. The van der Waals surface area contributed by atoms with Gasteiger partial charge in [0.05, 0.1) is 24.7 Å². The minimum absolute atomic E-state index is 0.0155. The first-order valence-corrected chi connectivity index (χ1v) is 7.48. The van der Waals surface area contributed by atoms with Gasteiger partial charge in [-0.2, -0.15) is 0 Å². The van der Waals surface area contributed by atoms with E-state index >= 15 is 0 Å². The fourth-order valence-electron chi connectivity index (χ4n) is 1.68. The van der Waals surface area contributed by atoms with Crippen LogP contribution in [0.4, 0.5) is 0 Å². The number of esters is 1. The molecule has 20 heavy (non-hydrogen) atoms. The first kappa shape index (κ1) is 14.5. The molecule has 0 radical (unpaired) electrons. The molecular formula is C12H15N3O4S. The van der Waals surface area contributed by atoms with Crippen molar-refractivity contribution in [2.24, 2.45) is 0 Å². The smallest absolute Gasteiger partial charge is 0.325 e. The predicted octanol–water partition coefficient (Wildman–Crippen LogP) is 0.544. The van der Waals surface area contributed by atoms with Crippen molar-refractivity contribution in [3.63, 3.8) is 0 Å². The van der Waals surface area contributed by atoms with Gasteiger partial charge in [-0.3, -0.25) is 4.79 Å². The first-order valence-electron chi connectivity index (χ1n) is 5.94. The van der Waals surface area contributed by atoms with Gasteiger partial charge >= 0.3 is 5.97 Å². The zero-order valence-corrected chi connectivity index (χ0v) is 11.9. The molecule has 0 aliphatic carbocycles. The molecule has 7 nitrogen and oxygen atoms in total. The summed E-state index contributed by atoms with van der Waals surface area (Å²) in [6.07, 6.45) is 0. The van der Waals surface area contributed by atoms with E-state index < -0.39 is 21.2 Å². The second-order valence-corrected chi connectivity index (χ2v) is 6.32. The molecule has 1 unspecified atom stereocenters. The van der Waals surface area contributed by atoms with Gasteiger partial charge in [0.2, 0.25) is 10.0 Å². The van der Waals surface area contributed by atoms with Crippen LogP contribution in [0.3, 0.4) is 0 Å². The van der Waals surface area contributed by atoms with Crippen LogP contribution in [0.15, 0.2) is 24.3 Å². The number of methoxy groups -OCH3 is 1. The quantitative estimate of drug-likeness (QED) is 0.785. The average Bonchev–Trinajstić information content (AvgIpc) is 2.86. The van der Waals surface area contributed by atoms with Gasteiger partial charge in [0.25, 0.3) is 0 Å². The maximum atomic E-state index is 11.9. The summed E-state index contributed by atoms with van der Waals surface area (Å²) in [6, 6.07) is 7.36. The third-order valence-electron chi connectivity index (χ3n) is 2.88. The van der Waals surface area contributed by atoms with Crippen LogP contribution in [0.2, 0.25) is 0 Å². The van der Waals surface area contributed by atoms with Crippen LogP contribution in [0, 0.1) is 0 Å². The van der Waals surface area contributed by atoms with Crippen LogP contribution < -0.4 is 4.72 Å². The molecule has 2 N–H and O–H groups in total. The van der Waals surface area contributed by atoms with Gasteiger partial charge < -0.3 is 9.72 Å². The number of benzene rings is 1. The Kier molecular flexibility index (Phi) is 4.05. The lowest BCUT2D eigenvalue weighted by molar-refractivity contribution is -0.139. The molecule has 1 atom stereocenters. The molecule has 0 amide bonds. The molecule has 1 aromatic heterocycles. The van der Waals surface area contributed by atoms with Crippen LogP contribution in [-0.2, 0) is 26.1 Å². The zero-order chi connectivity index (χ0) is 14.8. The van der Waals surface area contributed by atoms with E-state index in [4.69, 9.17) is 0 Å². The first-order chi connectivity index (χ1) is 9.44. The summed E-state index contributed by atoms with van der Waals surface area (Å²) < 4.78 is 30.5. The highest BCUT2D eigenvalue weighted by atomic mass is 32.2. The summed E-state index contributed by atoms with van der Waals surface area (Å²) in [5.74, 6) is -0.325. The van der Waals surface area contributed by atoms with Crippen LogP contribution in [0.25, 0.3) is 11.0 Å². The number of sulfonamides is 1. The van der Waals surface area contributed by atoms with Crippen molar-refractivity contribution in [1.29, 1.82) is 0 Å². The number of ether oxygens (including phenoxy) is 1. The highest BCUT2D eigenvalue weighted by Gasteiger charge is 2.28. The van der Waals surface area contributed by atoms with Crippen LogP contribution in [-0.4, -0.2) is 36.7 Å². The minimum Gasteiger partial charge on any atom is -0.468 e. The van der Waals surface area contributed by atoms with Crippen LogP contribution in [0.5, 0.6) is 0 Å². The monoisotopic (exact) mass is 297 g/mol. The van der Waals surface area contributed by atoms with Gasteiger partial charge in [0.15, 0.2) is 5.25 Å². The number of carbonyl (C=O) groups is 1. The van der Waals surface area contributed by atoms with Gasteiger partial charge in [0.1, 0.15) is 5.82 Å². The Hall–Kier alpha value is -1.93. The van der Waals surface area contributed by atoms with Gasteiger partial charge in [-0.25, -0.2) is 18.1 Å². The lowest BCUT2D eigenvalue weighted by Gasteiger charge is -2.10. The third-order valence-corrected chi connectivity index (χ3v) is 4.55. The molecule has 0 saturated heterocycles. The topological polar surface area (TPSA) is 101 Å². The Labute approximate surface area is 116 Å². The molecule has 1 aromatic carbocycles. The maximum Gasteiger partial charge on any atom is 0.325 e. The molecule has 0 bridgehead atoms. The number of carbonyl (C=O) groups excluding carboxylic acids is 1. The molecular weight excluding hydrogens is 282 g/mol. The van der Waals surface area contributed by atoms with Crippen LogP contribution in [0.1, 0.15) is 12.7 Å². The number of para-hydroxylation sites is 2. The van der Waals surface area contributed by atoms with E-state index in [1.807, 2.05) is 24.3 Å². The Morgan fingerprint density at radius 3 is 2.80 bits per heavy atom. The lowest BCUT2D eigenvalue weighted by Crippen LogP contribution is -2.38. The number of nitrogens with zero attached hydrogens (tertiary/aromatic N) is 1. The van der Waals surface area contributed by atoms with Crippen LogP contribution >= 0.6 is 0 Å². The van der Waals surface area contributed by atoms with Crippen molar-refractivity contribution < 1.29 is 17.9 Å². The molecule has 2 rings (SSSR count). The molecule has 108 valence electrons. The van der Waals surface area contributed by atoms with Gasteiger partial charge in [-0.05, 0) is 19.1 Å². The number of aromatic amines is 1. The summed E-state index contributed by atoms with van der Waals surface area (Å²) >= 11 is 0. The summed E-state index contributed by atoms with van der Waals surface area (Å²) in [5.41, 5.74) is 1.57. The molecule has 0 aliphatic rings. The van der Waals surface area contributed by atoms with Crippen molar-refractivity contribution in [2.75, 3.05) is 7.11 Å². The fraction of sp³-hybridized carbons (Fsp3) is 0.333. The maximum absolute atomic E-state index is 11.9. The number of hydrogen-bond donors (Lipinski definition) is 2. The average molecular weight is 297 g/mol. The highest BCUT2D eigenvalue weighted by Crippen LogP contribution is 2.10. The third kappa shape index (κ3) is 2.97. The van der Waals surface area contributed by atoms with E-state index in [0.717, 1.165) is 18.1 Å². The zero-order valence-electron chi connectivity index (χ0n) is 11.1. The Morgan fingerprint density at radius 1 is 1.45 bits per heavy atom. The van der Waals surface area contributed by atoms with Crippen molar-refractivity contribution in [2.45, 2.75) is 18.7 Å². The second kappa shape index (κ2) is 5.59. The van der Waals surface area contributed by atoms with E-state index in [9.17, 15) is 13.2 Å². The molecule has 0 saturated carbocycles. The molecule has 0 spiro atoms. The highest BCUT2D eigenvalue weighted by molar-refractivity contribution is 7.90. The molecule has 1 heterocycles. The number of hydrogen-bond acceptors (Lipinski definition) is 5. The van der Waals surface area contributed by atoms with Crippen molar-refractivity contribution >= 4 is 27.0 Å². The molecule has 8 heteroatoms. The Bertz CT molecular complexity index is 690. The summed E-state index contributed by atoms with van der Waals surface area (Å²) in [4.78, 5) is 18.5. The summed E-state index contributed by atoms with van der Waals surface area (Å²) in [7, 11) is -2.65. The Balaban J connectivity index is 2.09. The van der Waals surface area contributed by atoms with E-state index in [1.165, 1.54) is 6.92 Å². The standard InChI is InChI=1S/C12H15N3O4S/c1-8(12(16)19-2)20(17,18)13-7-11-14-9-5-3-4-6-10(9)15-11/h3-6,8,13H,7H2,1-2H3,(H,14,15). The summed E-state index contributed by atoms with van der Waals surface area (Å²) in [5, 5.41) is -1.27. The van der Waals surface area contributed by atoms with Crippen molar-refractivity contribution in [1.82, 2.24) is 14.7 Å². The minimum atomic E-state index is -3.79. The predicted molar refractivity (Wildman–Crippen MR) is 73.3 cm³/mol. The molecule has 0 aliphatic heterocycles. The van der Waals surface area contributed by atoms with E-state index in [0.29, 0.717) is 5.82 Å². The number of rotatable bonds is 5. The fourth-order valence-corrected chi connectivity index (χ4v) is 2.61. The molecule has 0 fully saturated rings. The number of imidazole rings is 1. The van der Waals surface area contributed by atoms with E-state index in [2.05, 4.69) is 19.4 Å². The largest absolute Gasteiger partial charge is 0.468 e. The lowest BCUT2D eigenvalue weighted by atomic mass is 10.3. The van der Waals surface area contributed by atoms with E-state index in [-0.39, 0.29) is 6.54 Å².